The largest absolute Gasteiger partial charge is 0.508 e. The molecule has 5 heteroatoms. The summed E-state index contributed by atoms with van der Waals surface area (Å²) in [5, 5.41) is 20.2. The molecule has 1 aromatic rings. The molecule has 2 rings (SSSR count). The van der Waals surface area contributed by atoms with E-state index in [2.05, 4.69) is 0 Å². The number of Topliss-reactive ketones (excluding diaryl/α,β-unsaturated/α-hetero) is 1. The third kappa shape index (κ3) is 1.44. The minimum Gasteiger partial charge on any atom is -0.508 e. The van der Waals surface area contributed by atoms with E-state index < -0.39 is 10.3 Å². The Labute approximate surface area is 91.9 Å². The molecule has 1 N–H and O–H groups in total. The Morgan fingerprint density at radius 2 is 2.12 bits per heavy atom. The number of benzene rings is 1. The average molecular weight is 221 g/mol. The molecule has 0 bridgehead atoms. The van der Waals surface area contributed by atoms with Gasteiger partial charge in [0.05, 0.1) is 10.3 Å². The first-order valence-corrected chi connectivity index (χ1v) is 4.96. The molecular weight excluding hydrogens is 210 g/mol. The number of nitro benzene ring substituents is 1. The van der Waals surface area contributed by atoms with Gasteiger partial charge in [0.25, 0.3) is 5.69 Å². The van der Waals surface area contributed by atoms with E-state index in [-0.39, 0.29) is 17.2 Å². The van der Waals surface area contributed by atoms with E-state index in [1.54, 1.807) is 0 Å². The number of phenols is 1. The lowest BCUT2D eigenvalue weighted by Gasteiger charge is -2.12. The van der Waals surface area contributed by atoms with Gasteiger partial charge in [0.15, 0.2) is 0 Å². The van der Waals surface area contributed by atoms with E-state index in [0.29, 0.717) is 18.4 Å². The molecule has 0 unspecified atom stereocenters. The molecule has 0 saturated heterocycles. The second-order valence-electron chi connectivity index (χ2n) is 4.10. The van der Waals surface area contributed by atoms with Gasteiger partial charge in [0.2, 0.25) is 0 Å². The molecule has 0 spiro atoms. The van der Waals surface area contributed by atoms with Gasteiger partial charge in [-0.15, -0.1) is 0 Å². The van der Waals surface area contributed by atoms with Crippen LogP contribution in [0.1, 0.15) is 25.3 Å². The summed E-state index contributed by atoms with van der Waals surface area (Å²) in [5.41, 5.74) is -0.489. The predicted molar refractivity (Wildman–Crippen MR) is 56.4 cm³/mol. The molecule has 0 amide bonds. The van der Waals surface area contributed by atoms with Crippen molar-refractivity contribution < 1.29 is 14.8 Å². The van der Waals surface area contributed by atoms with Crippen LogP contribution in [0.5, 0.6) is 5.75 Å². The fraction of sp³-hybridized carbons (Fsp3) is 0.364. The van der Waals surface area contributed by atoms with Crippen molar-refractivity contribution in [3.8, 4) is 5.75 Å². The number of carbonyl (C=O) groups is 1. The van der Waals surface area contributed by atoms with Crippen LogP contribution in [0.4, 0.5) is 5.69 Å². The van der Waals surface area contributed by atoms with Crippen molar-refractivity contribution >= 4 is 11.5 Å². The van der Waals surface area contributed by atoms with Crippen LogP contribution < -0.4 is 0 Å². The van der Waals surface area contributed by atoms with E-state index >= 15 is 0 Å². The fourth-order valence-electron chi connectivity index (χ4n) is 2.00. The summed E-state index contributed by atoms with van der Waals surface area (Å²) < 4.78 is 0. The zero-order valence-electron chi connectivity index (χ0n) is 8.77. The van der Waals surface area contributed by atoms with E-state index in [9.17, 15) is 20.0 Å². The Balaban J connectivity index is 2.59. The lowest BCUT2D eigenvalue weighted by atomic mass is 9.90. The lowest BCUT2D eigenvalue weighted by Crippen LogP contribution is -2.18. The smallest absolute Gasteiger partial charge is 0.273 e. The maximum Gasteiger partial charge on any atom is 0.273 e. The van der Waals surface area contributed by atoms with Crippen molar-refractivity contribution in [2.75, 3.05) is 0 Å². The van der Waals surface area contributed by atoms with Gasteiger partial charge in [-0.2, -0.15) is 0 Å². The second kappa shape index (κ2) is 3.30. The van der Waals surface area contributed by atoms with Crippen LogP contribution in [0.2, 0.25) is 0 Å². The van der Waals surface area contributed by atoms with Crippen molar-refractivity contribution in [3.63, 3.8) is 0 Å². The highest BCUT2D eigenvalue weighted by Crippen LogP contribution is 2.52. The summed E-state index contributed by atoms with van der Waals surface area (Å²) in [7, 11) is 0. The molecular formula is C11H11NO4. The van der Waals surface area contributed by atoms with Gasteiger partial charge in [-0.3, -0.25) is 14.9 Å². The highest BCUT2D eigenvalue weighted by Gasteiger charge is 2.52. The van der Waals surface area contributed by atoms with Gasteiger partial charge in [0.1, 0.15) is 11.5 Å². The zero-order chi connectivity index (χ0) is 11.9. The predicted octanol–water partition coefficient (Wildman–Crippen LogP) is 1.92. The molecule has 1 aliphatic rings. The number of hydrogen-bond acceptors (Lipinski definition) is 4. The topological polar surface area (TPSA) is 80.4 Å². The Bertz CT molecular complexity index is 477. The van der Waals surface area contributed by atoms with Crippen molar-refractivity contribution in [2.24, 2.45) is 0 Å². The number of ketones is 1. The number of hydrogen-bond donors (Lipinski definition) is 1. The van der Waals surface area contributed by atoms with Gasteiger partial charge in [-0.05, 0) is 31.9 Å². The summed E-state index contributed by atoms with van der Waals surface area (Å²) in [5.74, 6) is -0.130. The van der Waals surface area contributed by atoms with Crippen LogP contribution in [0.15, 0.2) is 18.2 Å². The number of nitrogens with zero attached hydrogens (tertiary/aromatic N) is 1. The first-order chi connectivity index (χ1) is 7.47. The maximum absolute atomic E-state index is 11.5. The molecule has 0 aliphatic heterocycles. The summed E-state index contributed by atoms with van der Waals surface area (Å²) in [6.07, 6.45) is 1.24. The van der Waals surface area contributed by atoms with Crippen LogP contribution in [0, 0.1) is 10.1 Å². The Morgan fingerprint density at radius 1 is 1.50 bits per heavy atom. The summed E-state index contributed by atoms with van der Waals surface area (Å²) >= 11 is 0. The van der Waals surface area contributed by atoms with Gasteiger partial charge >= 0.3 is 0 Å². The molecule has 5 nitrogen and oxygen atoms in total. The third-order valence-electron chi connectivity index (χ3n) is 3.12. The first kappa shape index (κ1) is 10.6. The second-order valence-corrected chi connectivity index (χ2v) is 4.10. The minimum atomic E-state index is -0.735. The highest BCUT2D eigenvalue weighted by atomic mass is 16.6. The number of phenolic OH excluding ortho intramolecular Hbond substituents is 1. The normalized spacial score (nSPS) is 16.8. The van der Waals surface area contributed by atoms with Crippen molar-refractivity contribution in [1.82, 2.24) is 0 Å². The van der Waals surface area contributed by atoms with E-state index in [1.165, 1.54) is 25.1 Å². The van der Waals surface area contributed by atoms with Gasteiger partial charge in [-0.1, -0.05) is 0 Å². The molecule has 1 fully saturated rings. The molecule has 0 atom stereocenters. The highest BCUT2D eigenvalue weighted by molar-refractivity contribution is 5.92. The average Bonchev–Trinajstić information content (AvgIpc) is 2.97. The number of aromatic hydroxyl groups is 1. The maximum atomic E-state index is 11.5. The molecule has 1 saturated carbocycles. The number of carbonyl (C=O) groups excluding carboxylic acids is 1. The number of rotatable bonds is 3. The standard InChI is InChI=1S/C11H11NO4/c1-7(13)11(4-5-11)9-6-8(14)2-3-10(9)12(15)16/h2-3,6,14H,4-5H2,1H3. The Kier molecular flexibility index (Phi) is 2.18. The first-order valence-electron chi connectivity index (χ1n) is 4.96. The molecule has 0 radical (unpaired) electrons. The van der Waals surface area contributed by atoms with Crippen molar-refractivity contribution in [2.45, 2.75) is 25.2 Å². The van der Waals surface area contributed by atoms with E-state index in [4.69, 9.17) is 0 Å². The Hall–Kier alpha value is -1.91. The summed E-state index contributed by atoms with van der Waals surface area (Å²) in [4.78, 5) is 21.8. The van der Waals surface area contributed by atoms with Crippen LogP contribution in [0.25, 0.3) is 0 Å². The third-order valence-corrected chi connectivity index (χ3v) is 3.12. The Morgan fingerprint density at radius 3 is 2.56 bits per heavy atom. The van der Waals surface area contributed by atoms with Gasteiger partial charge in [-0.25, -0.2) is 0 Å². The number of nitro groups is 1. The van der Waals surface area contributed by atoms with Gasteiger partial charge < -0.3 is 5.11 Å². The molecule has 84 valence electrons. The SMILES string of the molecule is CC(=O)C1(c2cc(O)ccc2[N+](=O)[O-])CC1. The van der Waals surface area contributed by atoms with Crippen molar-refractivity contribution in [1.29, 1.82) is 0 Å². The zero-order valence-corrected chi connectivity index (χ0v) is 8.77. The fourth-order valence-corrected chi connectivity index (χ4v) is 2.00. The summed E-state index contributed by atoms with van der Waals surface area (Å²) in [6.45, 7) is 1.43. The summed E-state index contributed by atoms with van der Waals surface area (Å²) in [6, 6.07) is 3.83. The molecule has 1 aliphatic carbocycles. The molecule has 0 aromatic heterocycles. The van der Waals surface area contributed by atoms with Gasteiger partial charge in [0, 0.05) is 11.6 Å². The van der Waals surface area contributed by atoms with Crippen LogP contribution >= 0.6 is 0 Å². The van der Waals surface area contributed by atoms with Crippen LogP contribution in [-0.4, -0.2) is 15.8 Å². The quantitative estimate of drug-likeness (QED) is 0.624. The lowest BCUT2D eigenvalue weighted by molar-refractivity contribution is -0.385. The van der Waals surface area contributed by atoms with E-state index in [0.717, 1.165) is 0 Å². The van der Waals surface area contributed by atoms with Crippen LogP contribution in [-0.2, 0) is 10.2 Å². The monoisotopic (exact) mass is 221 g/mol. The molecule has 0 heterocycles. The van der Waals surface area contributed by atoms with E-state index in [1.807, 2.05) is 0 Å². The van der Waals surface area contributed by atoms with Crippen molar-refractivity contribution in [3.05, 3.63) is 33.9 Å². The van der Waals surface area contributed by atoms with Crippen LogP contribution in [0.3, 0.4) is 0 Å². The minimum absolute atomic E-state index is 0.0480. The molecule has 16 heavy (non-hydrogen) atoms. The molecule has 1 aromatic carbocycles.